The Kier molecular flexibility index (Phi) is 5.13. The molecular formula is C18H28N4O. The van der Waals surface area contributed by atoms with Crippen molar-refractivity contribution in [2.45, 2.75) is 52.0 Å². The van der Waals surface area contributed by atoms with Crippen LogP contribution in [0.5, 0.6) is 0 Å². The molecule has 0 spiro atoms. The van der Waals surface area contributed by atoms with Gasteiger partial charge >= 0.3 is 0 Å². The number of piperidine rings is 1. The molecular weight excluding hydrogens is 288 g/mol. The van der Waals surface area contributed by atoms with E-state index in [1.165, 1.54) is 12.8 Å². The molecule has 2 fully saturated rings. The van der Waals surface area contributed by atoms with Crippen LogP contribution >= 0.6 is 0 Å². The van der Waals surface area contributed by atoms with E-state index in [9.17, 15) is 4.79 Å². The molecule has 0 unspecified atom stereocenters. The fraction of sp³-hybridized carbons (Fsp3) is 0.722. The van der Waals surface area contributed by atoms with Gasteiger partial charge in [-0.1, -0.05) is 26.7 Å². The van der Waals surface area contributed by atoms with Gasteiger partial charge in [-0.25, -0.2) is 4.98 Å². The summed E-state index contributed by atoms with van der Waals surface area (Å²) in [4.78, 5) is 23.4. The zero-order valence-electron chi connectivity index (χ0n) is 14.2. The topological polar surface area (TPSA) is 58.1 Å². The van der Waals surface area contributed by atoms with Gasteiger partial charge in [0.25, 0.3) is 0 Å². The quantitative estimate of drug-likeness (QED) is 0.931. The van der Waals surface area contributed by atoms with Gasteiger partial charge in [0.1, 0.15) is 5.82 Å². The number of aromatic nitrogens is 2. The molecule has 4 atom stereocenters. The van der Waals surface area contributed by atoms with E-state index in [0.717, 1.165) is 38.2 Å². The van der Waals surface area contributed by atoms with Gasteiger partial charge in [-0.3, -0.25) is 9.78 Å². The number of hydrogen-bond donors (Lipinski definition) is 1. The zero-order chi connectivity index (χ0) is 16.2. The van der Waals surface area contributed by atoms with Gasteiger partial charge in [0, 0.05) is 31.5 Å². The Labute approximate surface area is 138 Å². The molecule has 5 nitrogen and oxygen atoms in total. The van der Waals surface area contributed by atoms with Gasteiger partial charge in [0.05, 0.1) is 12.1 Å². The van der Waals surface area contributed by atoms with Crippen molar-refractivity contribution in [3.63, 3.8) is 0 Å². The number of nitrogens with one attached hydrogen (secondary N) is 1. The summed E-state index contributed by atoms with van der Waals surface area (Å²) >= 11 is 0. The van der Waals surface area contributed by atoms with E-state index in [0.29, 0.717) is 17.9 Å². The molecule has 1 saturated heterocycles. The highest BCUT2D eigenvalue weighted by Crippen LogP contribution is 2.30. The lowest BCUT2D eigenvalue weighted by atomic mass is 9.78. The number of nitrogens with zero attached hydrogens (tertiary/aromatic N) is 3. The molecule has 2 heterocycles. The Bertz CT molecular complexity index is 521. The van der Waals surface area contributed by atoms with Gasteiger partial charge in [-0.15, -0.1) is 0 Å². The Morgan fingerprint density at radius 2 is 2.09 bits per heavy atom. The van der Waals surface area contributed by atoms with Crippen molar-refractivity contribution in [3.8, 4) is 0 Å². The highest BCUT2D eigenvalue weighted by atomic mass is 16.2. The lowest BCUT2D eigenvalue weighted by Gasteiger charge is -2.37. The summed E-state index contributed by atoms with van der Waals surface area (Å²) in [6.45, 7) is 6.29. The predicted octanol–water partition coefficient (Wildman–Crippen LogP) is 2.63. The Morgan fingerprint density at radius 1 is 1.22 bits per heavy atom. The van der Waals surface area contributed by atoms with Crippen molar-refractivity contribution >= 4 is 11.7 Å². The maximum atomic E-state index is 12.7. The molecule has 23 heavy (non-hydrogen) atoms. The summed E-state index contributed by atoms with van der Waals surface area (Å²) in [6, 6.07) is 0.346. The van der Waals surface area contributed by atoms with Crippen LogP contribution in [-0.4, -0.2) is 35.0 Å². The summed E-state index contributed by atoms with van der Waals surface area (Å²) in [5, 5.41) is 3.34. The van der Waals surface area contributed by atoms with Crippen LogP contribution in [0.3, 0.4) is 0 Å². The van der Waals surface area contributed by atoms with E-state index in [1.54, 1.807) is 18.6 Å². The summed E-state index contributed by atoms with van der Waals surface area (Å²) in [5.41, 5.74) is 0. The maximum absolute atomic E-state index is 12.7. The molecule has 5 heteroatoms. The molecule has 0 bridgehead atoms. The first-order valence-corrected chi connectivity index (χ1v) is 8.96. The van der Waals surface area contributed by atoms with Crippen molar-refractivity contribution in [3.05, 3.63) is 18.6 Å². The average molecular weight is 316 g/mol. The minimum atomic E-state index is 0.0650. The highest BCUT2D eigenvalue weighted by Gasteiger charge is 2.32. The van der Waals surface area contributed by atoms with E-state index in [2.05, 4.69) is 34.0 Å². The van der Waals surface area contributed by atoms with Crippen LogP contribution in [-0.2, 0) is 4.79 Å². The first kappa shape index (κ1) is 16.2. The van der Waals surface area contributed by atoms with Crippen LogP contribution in [0.2, 0.25) is 0 Å². The SMILES string of the molecule is C[C@@H]1[C@H](C)CCC[C@@H]1NC(=O)[C@H]1CCCN(c2cnccn2)C1. The molecule has 1 aromatic rings. The molecule has 1 saturated carbocycles. The Hall–Kier alpha value is -1.65. The van der Waals surface area contributed by atoms with Crippen LogP contribution in [0.25, 0.3) is 0 Å². The lowest BCUT2D eigenvalue weighted by molar-refractivity contribution is -0.126. The average Bonchev–Trinajstić information content (AvgIpc) is 2.60. The molecule has 1 aromatic heterocycles. The third-order valence-electron chi connectivity index (χ3n) is 5.70. The van der Waals surface area contributed by atoms with E-state index in [-0.39, 0.29) is 11.8 Å². The smallest absolute Gasteiger partial charge is 0.225 e. The summed E-state index contributed by atoms with van der Waals surface area (Å²) < 4.78 is 0. The number of rotatable bonds is 3. The van der Waals surface area contributed by atoms with Gasteiger partial charge in [-0.2, -0.15) is 0 Å². The van der Waals surface area contributed by atoms with E-state index >= 15 is 0 Å². The van der Waals surface area contributed by atoms with E-state index < -0.39 is 0 Å². The van der Waals surface area contributed by atoms with Gasteiger partial charge in [-0.05, 0) is 31.1 Å². The Morgan fingerprint density at radius 3 is 2.87 bits per heavy atom. The molecule has 1 aliphatic carbocycles. The maximum Gasteiger partial charge on any atom is 0.225 e. The minimum Gasteiger partial charge on any atom is -0.355 e. The van der Waals surface area contributed by atoms with Crippen LogP contribution < -0.4 is 10.2 Å². The second kappa shape index (κ2) is 7.28. The van der Waals surface area contributed by atoms with Crippen molar-refractivity contribution in [1.29, 1.82) is 0 Å². The summed E-state index contributed by atoms with van der Waals surface area (Å²) in [6.07, 6.45) is 10.8. The summed E-state index contributed by atoms with van der Waals surface area (Å²) in [5.74, 6) is 2.45. The van der Waals surface area contributed by atoms with Gasteiger partial charge in [0.2, 0.25) is 5.91 Å². The lowest BCUT2D eigenvalue weighted by Crippen LogP contribution is -2.49. The Balaban J connectivity index is 1.59. The molecule has 3 rings (SSSR count). The van der Waals surface area contributed by atoms with Crippen LogP contribution in [0.4, 0.5) is 5.82 Å². The van der Waals surface area contributed by atoms with Crippen LogP contribution in [0.15, 0.2) is 18.6 Å². The van der Waals surface area contributed by atoms with Crippen molar-refractivity contribution in [1.82, 2.24) is 15.3 Å². The summed E-state index contributed by atoms with van der Waals surface area (Å²) in [7, 11) is 0. The third kappa shape index (κ3) is 3.82. The highest BCUT2D eigenvalue weighted by molar-refractivity contribution is 5.79. The van der Waals surface area contributed by atoms with Crippen molar-refractivity contribution in [2.24, 2.45) is 17.8 Å². The second-order valence-corrected chi connectivity index (χ2v) is 7.23. The standard InChI is InChI=1S/C18H28N4O/c1-13-5-3-7-16(14(13)2)21-18(23)15-6-4-10-22(12-15)17-11-19-8-9-20-17/h8-9,11,13-16H,3-7,10,12H2,1-2H3,(H,21,23)/t13-,14-,15+,16+/m1/s1. The third-order valence-corrected chi connectivity index (χ3v) is 5.70. The normalized spacial score (nSPS) is 31.7. The largest absolute Gasteiger partial charge is 0.355 e. The van der Waals surface area contributed by atoms with E-state index in [1.807, 2.05) is 0 Å². The first-order valence-electron chi connectivity index (χ1n) is 8.96. The second-order valence-electron chi connectivity index (χ2n) is 7.23. The molecule has 2 aliphatic rings. The molecule has 126 valence electrons. The fourth-order valence-corrected chi connectivity index (χ4v) is 3.94. The monoisotopic (exact) mass is 316 g/mol. The molecule has 1 amide bonds. The molecule has 0 radical (unpaired) electrons. The van der Waals surface area contributed by atoms with E-state index in [4.69, 9.17) is 0 Å². The van der Waals surface area contributed by atoms with Crippen LogP contribution in [0, 0.1) is 17.8 Å². The van der Waals surface area contributed by atoms with Gasteiger partial charge in [0.15, 0.2) is 0 Å². The molecule has 1 N–H and O–H groups in total. The predicted molar refractivity (Wildman–Crippen MR) is 91.1 cm³/mol. The number of amides is 1. The van der Waals surface area contributed by atoms with Crippen LogP contribution in [0.1, 0.15) is 46.0 Å². The fourth-order valence-electron chi connectivity index (χ4n) is 3.94. The molecule has 1 aliphatic heterocycles. The zero-order valence-corrected chi connectivity index (χ0v) is 14.2. The minimum absolute atomic E-state index is 0.0650. The van der Waals surface area contributed by atoms with Crippen molar-refractivity contribution < 1.29 is 4.79 Å². The number of carbonyl (C=O) groups excluding carboxylic acids is 1. The van der Waals surface area contributed by atoms with Crippen molar-refractivity contribution in [2.75, 3.05) is 18.0 Å². The number of carbonyl (C=O) groups is 1. The van der Waals surface area contributed by atoms with Gasteiger partial charge < -0.3 is 10.2 Å². The molecule has 0 aromatic carbocycles. The number of hydrogen-bond acceptors (Lipinski definition) is 4. The number of anilines is 1. The first-order chi connectivity index (χ1) is 11.1.